The average Bonchev–Trinajstić information content (AvgIpc) is 2.27. The van der Waals surface area contributed by atoms with E-state index in [1.807, 2.05) is 6.07 Å². The minimum Gasteiger partial charge on any atom is -0.486 e. The summed E-state index contributed by atoms with van der Waals surface area (Å²) >= 11 is 0. The van der Waals surface area contributed by atoms with Gasteiger partial charge in [0, 0.05) is 6.04 Å². The Morgan fingerprint density at radius 3 is 2.60 bits per heavy atom. The van der Waals surface area contributed by atoms with Gasteiger partial charge in [-0.25, -0.2) is 0 Å². The van der Waals surface area contributed by atoms with Crippen molar-refractivity contribution >= 4 is 0 Å². The number of rotatable bonds is 2. The van der Waals surface area contributed by atoms with Gasteiger partial charge in [0.05, 0.1) is 6.10 Å². The van der Waals surface area contributed by atoms with E-state index in [1.165, 1.54) is 0 Å². The fraction of sp³-hybridized carbons (Fsp3) is 0.455. The number of nitrogens with two attached hydrogens (primary N) is 1. The number of ether oxygens (including phenoxy) is 2. The Morgan fingerprint density at radius 1 is 1.27 bits per heavy atom. The molecule has 4 nitrogen and oxygen atoms in total. The van der Waals surface area contributed by atoms with Crippen LogP contribution >= 0.6 is 0 Å². The van der Waals surface area contributed by atoms with Gasteiger partial charge in [-0.15, -0.1) is 0 Å². The molecule has 2 atom stereocenters. The molecule has 1 aromatic rings. The van der Waals surface area contributed by atoms with Crippen LogP contribution < -0.4 is 15.2 Å². The predicted molar refractivity (Wildman–Crippen MR) is 56.0 cm³/mol. The summed E-state index contributed by atoms with van der Waals surface area (Å²) in [5.41, 5.74) is 6.38. The maximum Gasteiger partial charge on any atom is 0.161 e. The molecular formula is C11H15NO3. The molecule has 1 heterocycles. The summed E-state index contributed by atoms with van der Waals surface area (Å²) in [4.78, 5) is 0. The Balaban J connectivity index is 2.27. The first-order valence-corrected chi connectivity index (χ1v) is 5.01. The van der Waals surface area contributed by atoms with E-state index in [9.17, 15) is 5.11 Å². The van der Waals surface area contributed by atoms with Gasteiger partial charge in [-0.1, -0.05) is 6.07 Å². The lowest BCUT2D eigenvalue weighted by atomic mass is 10.0. The average molecular weight is 209 g/mol. The smallest absolute Gasteiger partial charge is 0.161 e. The van der Waals surface area contributed by atoms with Crippen molar-refractivity contribution in [3.05, 3.63) is 23.8 Å². The summed E-state index contributed by atoms with van der Waals surface area (Å²) in [6, 6.07) is 5.09. The van der Waals surface area contributed by atoms with Gasteiger partial charge in [0.1, 0.15) is 13.2 Å². The first-order chi connectivity index (χ1) is 7.18. The highest BCUT2D eigenvalue weighted by molar-refractivity contribution is 5.44. The third-order valence-corrected chi connectivity index (χ3v) is 2.41. The van der Waals surface area contributed by atoms with Gasteiger partial charge in [-0.05, 0) is 24.6 Å². The van der Waals surface area contributed by atoms with E-state index in [2.05, 4.69) is 0 Å². The molecule has 2 rings (SSSR count). The molecular weight excluding hydrogens is 194 g/mol. The number of hydrogen-bond acceptors (Lipinski definition) is 4. The molecule has 1 aliphatic heterocycles. The number of fused-ring (bicyclic) bond motifs is 1. The fourth-order valence-corrected chi connectivity index (χ4v) is 1.55. The highest BCUT2D eigenvalue weighted by Crippen LogP contribution is 2.32. The predicted octanol–water partition coefficient (Wildman–Crippen LogP) is 0.838. The van der Waals surface area contributed by atoms with Gasteiger partial charge in [0.2, 0.25) is 0 Å². The zero-order valence-electron chi connectivity index (χ0n) is 8.64. The molecule has 82 valence electrons. The summed E-state index contributed by atoms with van der Waals surface area (Å²) in [6.45, 7) is 2.88. The summed E-state index contributed by atoms with van der Waals surface area (Å²) in [6.07, 6.45) is -0.666. The lowest BCUT2D eigenvalue weighted by Crippen LogP contribution is -2.24. The second-order valence-electron chi connectivity index (χ2n) is 3.71. The highest BCUT2D eigenvalue weighted by Gasteiger charge is 2.17. The summed E-state index contributed by atoms with van der Waals surface area (Å²) in [7, 11) is 0. The Hall–Kier alpha value is -1.26. The molecule has 1 aliphatic rings. The van der Waals surface area contributed by atoms with Crippen LogP contribution in [-0.2, 0) is 0 Å². The molecule has 0 aliphatic carbocycles. The van der Waals surface area contributed by atoms with Gasteiger partial charge in [0.15, 0.2) is 11.5 Å². The van der Waals surface area contributed by atoms with Crippen molar-refractivity contribution in [3.63, 3.8) is 0 Å². The summed E-state index contributed by atoms with van der Waals surface area (Å²) < 4.78 is 10.8. The van der Waals surface area contributed by atoms with Crippen LogP contribution in [0.1, 0.15) is 18.6 Å². The molecule has 0 unspecified atom stereocenters. The van der Waals surface area contributed by atoms with Gasteiger partial charge in [-0.3, -0.25) is 0 Å². The highest BCUT2D eigenvalue weighted by atomic mass is 16.6. The quantitative estimate of drug-likeness (QED) is 0.757. The first kappa shape index (κ1) is 10.3. The van der Waals surface area contributed by atoms with E-state index in [0.717, 1.165) is 11.3 Å². The molecule has 0 radical (unpaired) electrons. The van der Waals surface area contributed by atoms with Crippen LogP contribution in [0.15, 0.2) is 18.2 Å². The number of aliphatic hydroxyl groups excluding tert-OH is 1. The van der Waals surface area contributed by atoms with Gasteiger partial charge in [0.25, 0.3) is 0 Å². The van der Waals surface area contributed by atoms with Crippen molar-refractivity contribution in [2.75, 3.05) is 13.2 Å². The number of aliphatic hydroxyl groups is 1. The number of hydrogen-bond donors (Lipinski definition) is 2. The standard InChI is InChI=1S/C11H15NO3/c1-7(12)11(13)8-2-3-9-10(6-8)15-5-4-14-9/h2-3,6-7,11,13H,4-5,12H2,1H3/t7-,11+/m0/s1. The van der Waals surface area contributed by atoms with Crippen LogP contribution in [0.3, 0.4) is 0 Å². The van der Waals surface area contributed by atoms with E-state index in [1.54, 1.807) is 19.1 Å². The van der Waals surface area contributed by atoms with Crippen LogP contribution in [-0.4, -0.2) is 24.4 Å². The SMILES string of the molecule is C[C@H](N)[C@@H](O)c1ccc2c(c1)OCCO2. The van der Waals surface area contributed by atoms with E-state index >= 15 is 0 Å². The molecule has 0 saturated heterocycles. The van der Waals surface area contributed by atoms with Crippen LogP contribution in [0, 0.1) is 0 Å². The molecule has 0 saturated carbocycles. The third kappa shape index (κ3) is 2.06. The third-order valence-electron chi connectivity index (χ3n) is 2.41. The van der Waals surface area contributed by atoms with E-state index in [0.29, 0.717) is 19.0 Å². The van der Waals surface area contributed by atoms with Crippen molar-refractivity contribution in [1.82, 2.24) is 0 Å². The minimum atomic E-state index is -0.666. The van der Waals surface area contributed by atoms with Crippen LogP contribution in [0.25, 0.3) is 0 Å². The Morgan fingerprint density at radius 2 is 1.93 bits per heavy atom. The Bertz CT molecular complexity index is 352. The largest absolute Gasteiger partial charge is 0.486 e. The molecule has 15 heavy (non-hydrogen) atoms. The fourth-order valence-electron chi connectivity index (χ4n) is 1.55. The van der Waals surface area contributed by atoms with Crippen molar-refractivity contribution < 1.29 is 14.6 Å². The van der Waals surface area contributed by atoms with Crippen LogP contribution in [0.2, 0.25) is 0 Å². The van der Waals surface area contributed by atoms with Crippen molar-refractivity contribution in [2.24, 2.45) is 5.73 Å². The summed E-state index contributed by atoms with van der Waals surface area (Å²) in [5, 5.41) is 9.78. The molecule has 1 aromatic carbocycles. The molecule has 0 bridgehead atoms. The second-order valence-corrected chi connectivity index (χ2v) is 3.71. The molecule has 0 fully saturated rings. The van der Waals surface area contributed by atoms with Crippen molar-refractivity contribution in [1.29, 1.82) is 0 Å². The topological polar surface area (TPSA) is 64.7 Å². The van der Waals surface area contributed by atoms with E-state index < -0.39 is 6.10 Å². The van der Waals surface area contributed by atoms with E-state index in [4.69, 9.17) is 15.2 Å². The summed E-state index contributed by atoms with van der Waals surface area (Å²) in [5.74, 6) is 1.40. The van der Waals surface area contributed by atoms with Crippen LogP contribution in [0.5, 0.6) is 11.5 Å². The molecule has 0 aromatic heterocycles. The Labute approximate surface area is 88.6 Å². The van der Waals surface area contributed by atoms with Gasteiger partial charge >= 0.3 is 0 Å². The maximum absolute atomic E-state index is 9.78. The first-order valence-electron chi connectivity index (χ1n) is 5.01. The lowest BCUT2D eigenvalue weighted by molar-refractivity contribution is 0.149. The van der Waals surface area contributed by atoms with Crippen LogP contribution in [0.4, 0.5) is 0 Å². The molecule has 0 spiro atoms. The molecule has 0 amide bonds. The Kier molecular flexibility index (Phi) is 2.79. The zero-order valence-corrected chi connectivity index (χ0v) is 8.64. The second kappa shape index (κ2) is 4.08. The van der Waals surface area contributed by atoms with Gasteiger partial charge in [-0.2, -0.15) is 0 Å². The normalized spacial score (nSPS) is 18.3. The molecule has 4 heteroatoms. The molecule has 3 N–H and O–H groups in total. The number of benzene rings is 1. The minimum absolute atomic E-state index is 0.299. The van der Waals surface area contributed by atoms with Gasteiger partial charge < -0.3 is 20.3 Å². The zero-order chi connectivity index (χ0) is 10.8. The maximum atomic E-state index is 9.78. The van der Waals surface area contributed by atoms with Crippen molar-refractivity contribution in [3.8, 4) is 11.5 Å². The van der Waals surface area contributed by atoms with Crippen molar-refractivity contribution in [2.45, 2.75) is 19.1 Å². The lowest BCUT2D eigenvalue weighted by Gasteiger charge is -2.21. The van der Waals surface area contributed by atoms with E-state index in [-0.39, 0.29) is 6.04 Å². The monoisotopic (exact) mass is 209 g/mol.